The Labute approximate surface area is 243 Å². The van der Waals surface area contributed by atoms with E-state index in [9.17, 15) is 18.0 Å². The van der Waals surface area contributed by atoms with Crippen LogP contribution in [0.3, 0.4) is 0 Å². The van der Waals surface area contributed by atoms with Crippen LogP contribution in [-0.4, -0.2) is 50.9 Å². The van der Waals surface area contributed by atoms with Crippen LogP contribution in [0.25, 0.3) is 0 Å². The summed E-state index contributed by atoms with van der Waals surface area (Å²) in [6.07, 6.45) is 3.97. The molecule has 41 heavy (non-hydrogen) atoms. The van der Waals surface area contributed by atoms with Crippen molar-refractivity contribution in [2.24, 2.45) is 0 Å². The molecule has 0 bridgehead atoms. The van der Waals surface area contributed by atoms with Crippen molar-refractivity contribution in [3.05, 3.63) is 89.5 Å². The minimum absolute atomic E-state index is 0.0840. The molecule has 4 rings (SSSR count). The van der Waals surface area contributed by atoms with Crippen LogP contribution in [-0.2, 0) is 26.2 Å². The van der Waals surface area contributed by atoms with E-state index in [-0.39, 0.29) is 23.4 Å². The van der Waals surface area contributed by atoms with Crippen molar-refractivity contribution in [3.8, 4) is 5.75 Å². The topological polar surface area (TPSA) is 96.0 Å². The van der Waals surface area contributed by atoms with Gasteiger partial charge < -0.3 is 15.0 Å². The minimum Gasteiger partial charge on any atom is -0.497 e. The lowest BCUT2D eigenvalue weighted by molar-refractivity contribution is -0.139. The van der Waals surface area contributed by atoms with Gasteiger partial charge in [0, 0.05) is 12.6 Å². The van der Waals surface area contributed by atoms with Crippen LogP contribution in [0, 0.1) is 13.8 Å². The number of nitrogens with zero attached hydrogens (tertiary/aromatic N) is 2. The molecule has 0 spiro atoms. The molecule has 1 saturated carbocycles. The molecule has 3 aromatic carbocycles. The summed E-state index contributed by atoms with van der Waals surface area (Å²) in [4.78, 5) is 29.0. The quantitative estimate of drug-likeness (QED) is 0.347. The molecule has 0 aliphatic heterocycles. The van der Waals surface area contributed by atoms with Gasteiger partial charge >= 0.3 is 0 Å². The summed E-state index contributed by atoms with van der Waals surface area (Å²) in [6, 6.07) is 20.1. The van der Waals surface area contributed by atoms with Crippen LogP contribution < -0.4 is 14.4 Å². The predicted octanol–water partition coefficient (Wildman–Crippen LogP) is 4.98. The van der Waals surface area contributed by atoms with E-state index >= 15 is 0 Å². The highest BCUT2D eigenvalue weighted by Gasteiger charge is 2.33. The zero-order valence-corrected chi connectivity index (χ0v) is 25.0. The van der Waals surface area contributed by atoms with Crippen LogP contribution in [0.2, 0.25) is 0 Å². The largest absolute Gasteiger partial charge is 0.497 e. The van der Waals surface area contributed by atoms with Gasteiger partial charge in [0.15, 0.2) is 0 Å². The highest BCUT2D eigenvalue weighted by atomic mass is 32.2. The number of sulfonamides is 1. The number of ether oxygens (including phenoxy) is 1. The molecule has 1 aliphatic carbocycles. The maximum Gasteiger partial charge on any atom is 0.264 e. The number of nitrogens with one attached hydrogen (secondary N) is 1. The van der Waals surface area contributed by atoms with Gasteiger partial charge in [0.2, 0.25) is 11.8 Å². The maximum atomic E-state index is 14.1. The third-order valence-electron chi connectivity index (χ3n) is 7.49. The summed E-state index contributed by atoms with van der Waals surface area (Å²) >= 11 is 0. The lowest BCUT2D eigenvalue weighted by Crippen LogP contribution is -2.52. The maximum absolute atomic E-state index is 14.1. The van der Waals surface area contributed by atoms with E-state index in [0.717, 1.165) is 46.7 Å². The van der Waals surface area contributed by atoms with Crippen LogP contribution in [0.4, 0.5) is 5.69 Å². The van der Waals surface area contributed by atoms with E-state index in [2.05, 4.69) is 5.32 Å². The average molecular weight is 578 g/mol. The summed E-state index contributed by atoms with van der Waals surface area (Å²) < 4.78 is 34.3. The van der Waals surface area contributed by atoms with Gasteiger partial charge in [-0.05, 0) is 86.7 Å². The molecule has 9 heteroatoms. The Morgan fingerprint density at radius 1 is 0.951 bits per heavy atom. The van der Waals surface area contributed by atoms with Crippen molar-refractivity contribution in [3.63, 3.8) is 0 Å². The molecule has 1 fully saturated rings. The van der Waals surface area contributed by atoms with Gasteiger partial charge in [-0.25, -0.2) is 8.42 Å². The number of aryl methyl sites for hydroxylation is 2. The van der Waals surface area contributed by atoms with Gasteiger partial charge in [-0.15, -0.1) is 0 Å². The summed E-state index contributed by atoms with van der Waals surface area (Å²) in [5.74, 6) is -0.0511. The Balaban J connectivity index is 1.69. The number of rotatable bonds is 11. The number of anilines is 1. The monoisotopic (exact) mass is 577 g/mol. The van der Waals surface area contributed by atoms with Crippen molar-refractivity contribution in [1.82, 2.24) is 10.2 Å². The minimum atomic E-state index is -4.09. The predicted molar refractivity (Wildman–Crippen MR) is 160 cm³/mol. The van der Waals surface area contributed by atoms with Gasteiger partial charge in [0.1, 0.15) is 18.3 Å². The van der Waals surface area contributed by atoms with Crippen molar-refractivity contribution < 1.29 is 22.7 Å². The molecule has 0 saturated heterocycles. The van der Waals surface area contributed by atoms with Crippen LogP contribution in [0.5, 0.6) is 5.75 Å². The van der Waals surface area contributed by atoms with Crippen LogP contribution in [0.15, 0.2) is 77.7 Å². The number of carbonyl (C=O) groups excluding carboxylic acids is 2. The van der Waals surface area contributed by atoms with Gasteiger partial charge in [-0.2, -0.15) is 0 Å². The Hall–Kier alpha value is -3.85. The lowest BCUT2D eigenvalue weighted by Gasteiger charge is -2.32. The number of carbonyl (C=O) groups is 2. The lowest BCUT2D eigenvalue weighted by atomic mass is 10.1. The van der Waals surface area contributed by atoms with E-state index in [0.29, 0.717) is 11.4 Å². The van der Waals surface area contributed by atoms with Crippen molar-refractivity contribution in [1.29, 1.82) is 0 Å². The first kappa shape index (κ1) is 30.1. The SMILES string of the molecule is COc1ccc(CN(C(=O)CN(c2cc(C)cc(C)c2)S(=O)(=O)c2ccccc2)[C@@H](C)C(=O)NC2CCCC2)cc1. The Kier molecular flexibility index (Phi) is 9.70. The molecular weight excluding hydrogens is 538 g/mol. The van der Waals surface area contributed by atoms with Crippen LogP contribution in [0.1, 0.15) is 49.3 Å². The normalized spacial score (nSPS) is 14.3. The first-order valence-corrected chi connectivity index (χ1v) is 15.4. The number of hydrogen-bond donors (Lipinski definition) is 1. The Morgan fingerprint density at radius 2 is 1.56 bits per heavy atom. The number of amides is 2. The standard InChI is InChI=1S/C32H39N3O5S/c1-23-18-24(2)20-28(19-23)35(41(38,39)30-12-6-5-7-13-30)22-31(36)34(21-26-14-16-29(40-4)17-15-26)25(3)32(37)33-27-10-8-9-11-27/h5-7,12-20,25,27H,8-11,21-22H2,1-4H3,(H,33,37)/t25-/m0/s1. The van der Waals surface area contributed by atoms with Gasteiger partial charge in [0.25, 0.3) is 10.0 Å². The molecule has 1 N–H and O–H groups in total. The Bertz CT molecular complexity index is 1430. The molecule has 0 heterocycles. The summed E-state index contributed by atoms with van der Waals surface area (Å²) in [5, 5.41) is 3.09. The highest BCUT2D eigenvalue weighted by molar-refractivity contribution is 7.92. The number of methoxy groups -OCH3 is 1. The summed E-state index contributed by atoms with van der Waals surface area (Å²) in [7, 11) is -2.52. The second kappa shape index (κ2) is 13.2. The fourth-order valence-corrected chi connectivity index (χ4v) is 6.66. The molecule has 8 nitrogen and oxygen atoms in total. The molecule has 0 radical (unpaired) electrons. The number of benzene rings is 3. The zero-order valence-electron chi connectivity index (χ0n) is 24.2. The fraction of sp³-hybridized carbons (Fsp3) is 0.375. The molecule has 1 atom stereocenters. The molecular formula is C32H39N3O5S. The van der Waals surface area contributed by atoms with Crippen LogP contribution >= 0.6 is 0 Å². The average Bonchev–Trinajstić information content (AvgIpc) is 3.47. The van der Waals surface area contributed by atoms with E-state index in [1.165, 1.54) is 17.0 Å². The third-order valence-corrected chi connectivity index (χ3v) is 9.27. The number of hydrogen-bond acceptors (Lipinski definition) is 5. The second-order valence-corrected chi connectivity index (χ2v) is 12.6. The second-order valence-electron chi connectivity index (χ2n) is 10.7. The molecule has 1 aliphatic rings. The van der Waals surface area contributed by atoms with E-state index in [1.807, 2.05) is 32.0 Å². The van der Waals surface area contributed by atoms with Gasteiger partial charge in [-0.1, -0.05) is 49.2 Å². The van der Waals surface area contributed by atoms with E-state index < -0.39 is 28.5 Å². The molecule has 2 amide bonds. The summed E-state index contributed by atoms with van der Waals surface area (Å²) in [6.45, 7) is 5.14. The van der Waals surface area contributed by atoms with E-state index in [1.54, 1.807) is 56.5 Å². The molecule has 0 unspecified atom stereocenters. The Morgan fingerprint density at radius 3 is 2.15 bits per heavy atom. The first-order valence-electron chi connectivity index (χ1n) is 14.0. The first-order chi connectivity index (χ1) is 19.6. The third kappa shape index (κ3) is 7.47. The van der Waals surface area contributed by atoms with Crippen molar-refractivity contribution >= 4 is 27.5 Å². The van der Waals surface area contributed by atoms with E-state index in [4.69, 9.17) is 4.74 Å². The zero-order chi connectivity index (χ0) is 29.6. The molecule has 0 aromatic heterocycles. The molecule has 3 aromatic rings. The van der Waals surface area contributed by atoms with Gasteiger partial charge in [0.05, 0.1) is 17.7 Å². The smallest absolute Gasteiger partial charge is 0.264 e. The molecule has 218 valence electrons. The van der Waals surface area contributed by atoms with Crippen molar-refractivity contribution in [2.75, 3.05) is 18.0 Å². The fourth-order valence-electron chi connectivity index (χ4n) is 5.25. The van der Waals surface area contributed by atoms with Gasteiger partial charge in [-0.3, -0.25) is 13.9 Å². The van der Waals surface area contributed by atoms with Crippen molar-refractivity contribution in [2.45, 2.75) is 70.0 Å². The summed E-state index contributed by atoms with van der Waals surface area (Å²) in [5.41, 5.74) is 2.94. The highest BCUT2D eigenvalue weighted by Crippen LogP contribution is 2.27.